The Morgan fingerprint density at radius 2 is 1.94 bits per heavy atom. The van der Waals surface area contributed by atoms with E-state index < -0.39 is 0 Å². The third-order valence-corrected chi connectivity index (χ3v) is 2.89. The van der Waals surface area contributed by atoms with Crippen LogP contribution in [0.3, 0.4) is 0 Å². The second kappa shape index (κ2) is 6.61. The number of hydrogen-bond acceptors (Lipinski definition) is 2. The summed E-state index contributed by atoms with van der Waals surface area (Å²) in [4.78, 5) is 24.3. The van der Waals surface area contributed by atoms with Gasteiger partial charge in [0.05, 0.1) is 13.0 Å². The zero-order valence-corrected chi connectivity index (χ0v) is 11.7. The Morgan fingerprint density at radius 3 is 2.50 bits per heavy atom. The van der Waals surface area contributed by atoms with Crippen LogP contribution in [-0.4, -0.2) is 37.4 Å². The first kappa shape index (κ1) is 14.8. The highest BCUT2D eigenvalue weighted by Crippen LogP contribution is 2.21. The molecule has 0 aliphatic rings. The molecule has 1 aromatic carbocycles. The lowest BCUT2D eigenvalue weighted by molar-refractivity contribution is -0.130. The second-order valence-electron chi connectivity index (χ2n) is 3.98. The predicted molar refractivity (Wildman–Crippen MR) is 71.9 cm³/mol. The number of carbonyl (C=O) groups is 2. The molecule has 0 aliphatic carbocycles. The average Bonchev–Trinajstić information content (AvgIpc) is 2.29. The first-order chi connectivity index (χ1) is 8.40. The molecular formula is C12H14Cl2N2O2. The third kappa shape index (κ3) is 4.55. The summed E-state index contributed by atoms with van der Waals surface area (Å²) in [5, 5.41) is 3.49. The predicted octanol–water partition coefficient (Wildman–Crippen LogP) is 1.74. The Morgan fingerprint density at radius 1 is 1.28 bits per heavy atom. The maximum atomic E-state index is 11.6. The smallest absolute Gasteiger partial charge is 0.241 e. The lowest BCUT2D eigenvalue weighted by Crippen LogP contribution is -2.36. The Labute approximate surface area is 116 Å². The van der Waals surface area contributed by atoms with Crippen LogP contribution in [0.15, 0.2) is 18.2 Å². The lowest BCUT2D eigenvalue weighted by atomic mass is 10.1. The molecule has 0 unspecified atom stereocenters. The molecule has 1 aromatic rings. The van der Waals surface area contributed by atoms with Crippen LogP contribution in [0, 0.1) is 0 Å². The summed E-state index contributed by atoms with van der Waals surface area (Å²) in [5.74, 6) is -0.417. The van der Waals surface area contributed by atoms with Gasteiger partial charge < -0.3 is 10.2 Å². The number of nitrogens with one attached hydrogen (secondary N) is 1. The molecule has 0 atom stereocenters. The first-order valence-corrected chi connectivity index (χ1v) is 6.06. The van der Waals surface area contributed by atoms with Crippen LogP contribution >= 0.6 is 23.2 Å². The molecule has 18 heavy (non-hydrogen) atoms. The molecule has 0 saturated heterocycles. The van der Waals surface area contributed by atoms with Gasteiger partial charge in [0.1, 0.15) is 0 Å². The van der Waals surface area contributed by atoms with Crippen LogP contribution in [-0.2, 0) is 16.0 Å². The van der Waals surface area contributed by atoms with E-state index in [0.717, 1.165) is 0 Å². The number of halogens is 2. The van der Waals surface area contributed by atoms with Gasteiger partial charge in [0.25, 0.3) is 0 Å². The van der Waals surface area contributed by atoms with Crippen molar-refractivity contribution in [1.29, 1.82) is 0 Å². The van der Waals surface area contributed by atoms with Gasteiger partial charge in [-0.15, -0.1) is 0 Å². The number of hydrogen-bond donors (Lipinski definition) is 1. The zero-order valence-electron chi connectivity index (χ0n) is 10.2. The molecule has 0 heterocycles. The fourth-order valence-electron chi connectivity index (χ4n) is 1.23. The Bertz CT molecular complexity index is 461. The molecular weight excluding hydrogens is 275 g/mol. The molecule has 98 valence electrons. The van der Waals surface area contributed by atoms with Crippen molar-refractivity contribution in [2.24, 2.45) is 0 Å². The minimum atomic E-state index is -0.255. The van der Waals surface area contributed by atoms with E-state index in [1.807, 2.05) is 0 Å². The molecule has 0 aromatic heterocycles. The summed E-state index contributed by atoms with van der Waals surface area (Å²) in [7, 11) is 3.26. The van der Waals surface area contributed by atoms with E-state index >= 15 is 0 Å². The fraction of sp³-hybridized carbons (Fsp3) is 0.333. The van der Waals surface area contributed by atoms with Crippen LogP contribution in [0.2, 0.25) is 10.0 Å². The van der Waals surface area contributed by atoms with Gasteiger partial charge in [-0.2, -0.15) is 0 Å². The van der Waals surface area contributed by atoms with Crippen molar-refractivity contribution in [3.8, 4) is 0 Å². The number of nitrogens with zero attached hydrogens (tertiary/aromatic N) is 1. The summed E-state index contributed by atoms with van der Waals surface area (Å²) in [6, 6.07) is 4.94. The largest absolute Gasteiger partial charge is 0.347 e. The van der Waals surface area contributed by atoms with E-state index in [0.29, 0.717) is 15.6 Å². The number of rotatable bonds is 4. The van der Waals surface area contributed by atoms with Crippen LogP contribution in [0.25, 0.3) is 0 Å². The maximum absolute atomic E-state index is 11.6. The van der Waals surface area contributed by atoms with Gasteiger partial charge in [0, 0.05) is 24.1 Å². The lowest BCUT2D eigenvalue weighted by Gasteiger charge is -2.11. The van der Waals surface area contributed by atoms with Gasteiger partial charge in [-0.25, -0.2) is 0 Å². The minimum absolute atomic E-state index is 0.0168. The van der Waals surface area contributed by atoms with Gasteiger partial charge in [-0.05, 0) is 17.7 Å². The summed E-state index contributed by atoms with van der Waals surface area (Å²) >= 11 is 11.7. The minimum Gasteiger partial charge on any atom is -0.347 e. The summed E-state index contributed by atoms with van der Waals surface area (Å²) in [6.07, 6.45) is 0.122. The van der Waals surface area contributed by atoms with Gasteiger partial charge in [0.15, 0.2) is 0 Å². The molecule has 0 aliphatic heterocycles. The van der Waals surface area contributed by atoms with Gasteiger partial charge in [0.2, 0.25) is 11.8 Å². The maximum Gasteiger partial charge on any atom is 0.241 e. The molecule has 4 nitrogen and oxygen atoms in total. The number of carbonyl (C=O) groups excluding carboxylic acids is 2. The normalized spacial score (nSPS) is 10.0. The molecule has 0 fully saturated rings. The van der Waals surface area contributed by atoms with E-state index in [-0.39, 0.29) is 24.8 Å². The van der Waals surface area contributed by atoms with Crippen molar-refractivity contribution >= 4 is 35.0 Å². The zero-order chi connectivity index (χ0) is 13.7. The quantitative estimate of drug-likeness (QED) is 0.918. The number of likely N-dealkylation sites (N-methyl/N-ethyl adjacent to an activating group) is 1. The fourth-order valence-corrected chi connectivity index (χ4v) is 1.71. The average molecular weight is 289 g/mol. The van der Waals surface area contributed by atoms with Crippen molar-refractivity contribution in [2.75, 3.05) is 20.6 Å². The molecule has 2 amide bonds. The third-order valence-electron chi connectivity index (χ3n) is 2.30. The standard InChI is InChI=1S/C12H14Cl2N2O2/c1-16(2)12(18)7-15-11(17)5-8-3-4-9(13)6-10(8)14/h3-4,6H,5,7H2,1-2H3,(H,15,17). The number of amides is 2. The highest BCUT2D eigenvalue weighted by Gasteiger charge is 2.10. The molecule has 0 saturated carbocycles. The van der Waals surface area contributed by atoms with Crippen molar-refractivity contribution in [3.05, 3.63) is 33.8 Å². The molecule has 0 bridgehead atoms. The van der Waals surface area contributed by atoms with Crippen LogP contribution in [0.4, 0.5) is 0 Å². The number of benzene rings is 1. The van der Waals surface area contributed by atoms with E-state index in [2.05, 4.69) is 5.32 Å². The topological polar surface area (TPSA) is 49.4 Å². The summed E-state index contributed by atoms with van der Waals surface area (Å²) < 4.78 is 0. The first-order valence-electron chi connectivity index (χ1n) is 5.31. The van der Waals surface area contributed by atoms with Crippen LogP contribution < -0.4 is 5.32 Å². The van der Waals surface area contributed by atoms with Gasteiger partial charge >= 0.3 is 0 Å². The second-order valence-corrected chi connectivity index (χ2v) is 4.82. The van der Waals surface area contributed by atoms with Crippen molar-refractivity contribution < 1.29 is 9.59 Å². The van der Waals surface area contributed by atoms with Crippen LogP contribution in [0.5, 0.6) is 0 Å². The van der Waals surface area contributed by atoms with Crippen molar-refractivity contribution in [2.45, 2.75) is 6.42 Å². The van der Waals surface area contributed by atoms with E-state index in [9.17, 15) is 9.59 Å². The summed E-state index contributed by atoms with van der Waals surface area (Å²) in [5.41, 5.74) is 0.677. The van der Waals surface area contributed by atoms with Crippen LogP contribution in [0.1, 0.15) is 5.56 Å². The molecule has 0 radical (unpaired) electrons. The van der Waals surface area contributed by atoms with E-state index in [4.69, 9.17) is 23.2 Å². The highest BCUT2D eigenvalue weighted by molar-refractivity contribution is 6.35. The monoisotopic (exact) mass is 288 g/mol. The Kier molecular flexibility index (Phi) is 5.44. The highest BCUT2D eigenvalue weighted by atomic mass is 35.5. The van der Waals surface area contributed by atoms with E-state index in [1.165, 1.54) is 4.90 Å². The Hall–Kier alpha value is -1.26. The van der Waals surface area contributed by atoms with Gasteiger partial charge in [-0.3, -0.25) is 9.59 Å². The van der Waals surface area contributed by atoms with Crippen molar-refractivity contribution in [1.82, 2.24) is 10.2 Å². The van der Waals surface area contributed by atoms with Crippen molar-refractivity contribution in [3.63, 3.8) is 0 Å². The SMILES string of the molecule is CN(C)C(=O)CNC(=O)Cc1ccc(Cl)cc1Cl. The molecule has 1 rings (SSSR count). The summed E-state index contributed by atoms with van der Waals surface area (Å²) in [6.45, 7) is -0.0168. The molecule has 1 N–H and O–H groups in total. The van der Waals surface area contributed by atoms with Gasteiger partial charge in [-0.1, -0.05) is 29.3 Å². The molecule has 0 spiro atoms. The Balaban J connectivity index is 2.52. The van der Waals surface area contributed by atoms with E-state index in [1.54, 1.807) is 32.3 Å². The molecule has 6 heteroatoms.